The Kier molecular flexibility index (Phi) is 5.68. The summed E-state index contributed by atoms with van der Waals surface area (Å²) in [7, 11) is 0. The fourth-order valence-electron chi connectivity index (χ4n) is 0.879. The van der Waals surface area contributed by atoms with Gasteiger partial charge in [-0.15, -0.1) is 0 Å². The molecule has 0 heterocycles. The Morgan fingerprint density at radius 2 is 2.00 bits per heavy atom. The van der Waals surface area contributed by atoms with Gasteiger partial charge in [0.05, 0.1) is 19.3 Å². The van der Waals surface area contributed by atoms with E-state index in [0.717, 1.165) is 0 Å². The molecule has 0 saturated carbocycles. The van der Waals surface area contributed by atoms with Crippen LogP contribution in [0.25, 0.3) is 0 Å². The molecule has 0 aliphatic heterocycles. The zero-order chi connectivity index (χ0) is 11.2. The molecule has 5 nitrogen and oxygen atoms in total. The van der Waals surface area contributed by atoms with Crippen LogP contribution in [0.5, 0.6) is 0 Å². The van der Waals surface area contributed by atoms with E-state index < -0.39 is 6.10 Å². The molecule has 0 unspecified atom stereocenters. The summed E-state index contributed by atoms with van der Waals surface area (Å²) in [5, 5.41) is 23.0. The molecular weight excluding hydrogens is 184 g/mol. The summed E-state index contributed by atoms with van der Waals surface area (Å²) < 4.78 is 0. The lowest BCUT2D eigenvalue weighted by Crippen LogP contribution is -2.46. The summed E-state index contributed by atoms with van der Waals surface area (Å²) in [4.78, 5) is 11.2. The second-order valence-corrected chi connectivity index (χ2v) is 4.27. The number of amides is 1. The Morgan fingerprint density at radius 1 is 1.43 bits per heavy atom. The van der Waals surface area contributed by atoms with Gasteiger partial charge in [0.25, 0.3) is 0 Å². The largest absolute Gasteiger partial charge is 0.394 e. The summed E-state index contributed by atoms with van der Waals surface area (Å²) in [5.74, 6) is -0.123. The van der Waals surface area contributed by atoms with E-state index in [1.807, 2.05) is 20.8 Å². The van der Waals surface area contributed by atoms with Gasteiger partial charge in [-0.3, -0.25) is 4.79 Å². The van der Waals surface area contributed by atoms with Crippen molar-refractivity contribution in [3.8, 4) is 0 Å². The van der Waals surface area contributed by atoms with Crippen molar-refractivity contribution in [1.29, 1.82) is 0 Å². The van der Waals surface area contributed by atoms with Crippen LogP contribution < -0.4 is 10.6 Å². The van der Waals surface area contributed by atoms with Crippen LogP contribution in [0.4, 0.5) is 0 Å². The molecular formula is C9H20N2O3. The lowest BCUT2D eigenvalue weighted by molar-refractivity contribution is -0.121. The highest BCUT2D eigenvalue weighted by molar-refractivity contribution is 5.78. The fraction of sp³-hybridized carbons (Fsp3) is 0.889. The molecule has 0 radical (unpaired) electrons. The van der Waals surface area contributed by atoms with Gasteiger partial charge in [-0.05, 0) is 20.8 Å². The summed E-state index contributed by atoms with van der Waals surface area (Å²) in [6.07, 6.45) is -0.808. The van der Waals surface area contributed by atoms with E-state index in [2.05, 4.69) is 10.6 Å². The van der Waals surface area contributed by atoms with Gasteiger partial charge in [-0.25, -0.2) is 0 Å². The molecule has 0 bridgehead atoms. The average Bonchev–Trinajstić information content (AvgIpc) is 2.00. The molecule has 0 spiro atoms. The molecule has 0 rings (SSSR count). The van der Waals surface area contributed by atoms with Crippen LogP contribution in [0.15, 0.2) is 0 Å². The van der Waals surface area contributed by atoms with E-state index in [-0.39, 0.29) is 31.1 Å². The van der Waals surface area contributed by atoms with Crippen molar-refractivity contribution in [2.45, 2.75) is 32.4 Å². The standard InChI is InChI=1S/C9H20N2O3/c1-9(2,3)11-8(14)5-10-4-7(13)6-12/h7,10,12-13H,4-6H2,1-3H3,(H,11,14)/t7-/m0/s1. The summed E-state index contributed by atoms with van der Waals surface area (Å²) in [5.41, 5.74) is -0.242. The van der Waals surface area contributed by atoms with Crippen LogP contribution in [-0.4, -0.2) is 47.5 Å². The third-order valence-corrected chi connectivity index (χ3v) is 1.39. The van der Waals surface area contributed by atoms with E-state index in [4.69, 9.17) is 10.2 Å². The first kappa shape index (κ1) is 13.4. The number of carbonyl (C=O) groups is 1. The summed E-state index contributed by atoms with van der Waals surface area (Å²) >= 11 is 0. The Morgan fingerprint density at radius 3 is 2.43 bits per heavy atom. The smallest absolute Gasteiger partial charge is 0.234 e. The molecule has 0 aromatic heterocycles. The van der Waals surface area contributed by atoms with Gasteiger partial charge in [0, 0.05) is 12.1 Å². The maximum absolute atomic E-state index is 11.2. The van der Waals surface area contributed by atoms with Crippen molar-refractivity contribution in [2.24, 2.45) is 0 Å². The van der Waals surface area contributed by atoms with Gasteiger partial charge < -0.3 is 20.8 Å². The van der Waals surface area contributed by atoms with Crippen LogP contribution in [0.1, 0.15) is 20.8 Å². The molecule has 1 amide bonds. The SMILES string of the molecule is CC(C)(C)NC(=O)CNC[C@H](O)CO. The molecule has 0 aliphatic carbocycles. The zero-order valence-electron chi connectivity index (χ0n) is 9.00. The topological polar surface area (TPSA) is 81.6 Å². The first-order valence-electron chi connectivity index (χ1n) is 4.66. The summed E-state index contributed by atoms with van der Waals surface area (Å²) in [6.45, 7) is 5.75. The minimum absolute atomic E-state index is 0.123. The monoisotopic (exact) mass is 204 g/mol. The minimum atomic E-state index is -0.808. The zero-order valence-corrected chi connectivity index (χ0v) is 9.00. The molecule has 14 heavy (non-hydrogen) atoms. The van der Waals surface area contributed by atoms with Crippen molar-refractivity contribution < 1.29 is 15.0 Å². The van der Waals surface area contributed by atoms with Crippen molar-refractivity contribution >= 4 is 5.91 Å². The predicted octanol–water partition coefficient (Wildman–Crippen LogP) is -1.16. The van der Waals surface area contributed by atoms with E-state index in [1.54, 1.807) is 0 Å². The third-order valence-electron chi connectivity index (χ3n) is 1.39. The molecule has 84 valence electrons. The molecule has 0 aromatic rings. The van der Waals surface area contributed by atoms with Crippen LogP contribution in [0.3, 0.4) is 0 Å². The number of rotatable bonds is 5. The van der Waals surface area contributed by atoms with Crippen LogP contribution in [0.2, 0.25) is 0 Å². The first-order valence-corrected chi connectivity index (χ1v) is 4.66. The normalized spacial score (nSPS) is 13.8. The van der Waals surface area contributed by atoms with Gasteiger partial charge in [-0.1, -0.05) is 0 Å². The first-order chi connectivity index (χ1) is 6.35. The maximum Gasteiger partial charge on any atom is 0.234 e. The van der Waals surface area contributed by atoms with Gasteiger partial charge in [0.2, 0.25) is 5.91 Å². The number of aliphatic hydroxyl groups is 2. The number of carbonyl (C=O) groups excluding carboxylic acids is 1. The molecule has 0 saturated heterocycles. The number of hydrogen-bond donors (Lipinski definition) is 4. The van der Waals surface area contributed by atoms with Gasteiger partial charge >= 0.3 is 0 Å². The van der Waals surface area contributed by atoms with Gasteiger partial charge in [0.1, 0.15) is 0 Å². The third kappa shape index (κ3) is 7.97. The second-order valence-electron chi connectivity index (χ2n) is 4.27. The molecule has 4 N–H and O–H groups in total. The molecule has 1 atom stereocenters. The molecule has 0 aliphatic rings. The lowest BCUT2D eigenvalue weighted by Gasteiger charge is -2.20. The molecule has 0 fully saturated rings. The second kappa shape index (κ2) is 5.95. The molecule has 0 aromatic carbocycles. The minimum Gasteiger partial charge on any atom is -0.394 e. The van der Waals surface area contributed by atoms with Crippen LogP contribution >= 0.6 is 0 Å². The highest BCUT2D eigenvalue weighted by Crippen LogP contribution is 1.96. The van der Waals surface area contributed by atoms with Crippen molar-refractivity contribution in [3.63, 3.8) is 0 Å². The van der Waals surface area contributed by atoms with Crippen molar-refractivity contribution in [3.05, 3.63) is 0 Å². The Balaban J connectivity index is 3.55. The Labute approximate surface area is 84.5 Å². The highest BCUT2D eigenvalue weighted by Gasteiger charge is 2.13. The predicted molar refractivity (Wildman–Crippen MR) is 53.9 cm³/mol. The van der Waals surface area contributed by atoms with Crippen LogP contribution in [-0.2, 0) is 4.79 Å². The van der Waals surface area contributed by atoms with E-state index in [1.165, 1.54) is 0 Å². The Hall–Kier alpha value is -0.650. The lowest BCUT2D eigenvalue weighted by atomic mass is 10.1. The average molecular weight is 204 g/mol. The fourth-order valence-corrected chi connectivity index (χ4v) is 0.879. The van der Waals surface area contributed by atoms with Gasteiger partial charge in [-0.2, -0.15) is 0 Å². The maximum atomic E-state index is 11.2. The van der Waals surface area contributed by atoms with E-state index in [9.17, 15) is 4.79 Å². The summed E-state index contributed by atoms with van der Waals surface area (Å²) in [6, 6.07) is 0. The quantitative estimate of drug-likeness (QED) is 0.455. The van der Waals surface area contributed by atoms with Crippen molar-refractivity contribution in [1.82, 2.24) is 10.6 Å². The molecule has 5 heteroatoms. The number of aliphatic hydroxyl groups excluding tert-OH is 2. The van der Waals surface area contributed by atoms with E-state index in [0.29, 0.717) is 0 Å². The van der Waals surface area contributed by atoms with E-state index >= 15 is 0 Å². The van der Waals surface area contributed by atoms with Gasteiger partial charge in [0.15, 0.2) is 0 Å². The van der Waals surface area contributed by atoms with Crippen LogP contribution in [0, 0.1) is 0 Å². The highest BCUT2D eigenvalue weighted by atomic mass is 16.3. The number of nitrogens with one attached hydrogen (secondary N) is 2. The number of hydrogen-bond acceptors (Lipinski definition) is 4. The van der Waals surface area contributed by atoms with Crippen molar-refractivity contribution in [2.75, 3.05) is 19.7 Å². The Bertz CT molecular complexity index is 177.